The van der Waals surface area contributed by atoms with Gasteiger partial charge >= 0.3 is 11.1 Å². The summed E-state index contributed by atoms with van der Waals surface area (Å²) < 4.78 is 1.41. The van der Waals surface area contributed by atoms with Crippen LogP contribution in [0, 0.1) is 5.92 Å². The highest BCUT2D eigenvalue weighted by Crippen LogP contribution is 2.33. The van der Waals surface area contributed by atoms with Crippen molar-refractivity contribution in [2.45, 2.75) is 19.4 Å². The zero-order valence-electron chi connectivity index (χ0n) is 16.3. The van der Waals surface area contributed by atoms with Gasteiger partial charge in [-0.25, -0.2) is 0 Å². The summed E-state index contributed by atoms with van der Waals surface area (Å²) in [5, 5.41) is 0. The summed E-state index contributed by atoms with van der Waals surface area (Å²) in [7, 11) is 0. The lowest BCUT2D eigenvalue weighted by atomic mass is 9.89. The maximum absolute atomic E-state index is 13.2. The predicted octanol–water partition coefficient (Wildman–Crippen LogP) is 1.52. The van der Waals surface area contributed by atoms with Gasteiger partial charge < -0.3 is 20.2 Å². The second-order valence-corrected chi connectivity index (χ2v) is 7.46. The van der Waals surface area contributed by atoms with Crippen LogP contribution in [0.1, 0.15) is 28.8 Å². The molecule has 0 aliphatic carbocycles. The highest BCUT2D eigenvalue weighted by molar-refractivity contribution is 5.97. The van der Waals surface area contributed by atoms with Crippen molar-refractivity contribution in [2.24, 2.45) is 11.7 Å². The van der Waals surface area contributed by atoms with Crippen molar-refractivity contribution in [1.82, 2.24) is 14.5 Å². The minimum Gasteiger partial charge on any atom is -0.338 e. The van der Waals surface area contributed by atoms with Gasteiger partial charge in [-0.15, -0.1) is 0 Å². The number of carbonyl (C=O) groups is 1. The number of amides is 1. The average Bonchev–Trinajstić information content (AvgIpc) is 3.19. The number of aromatic amines is 1. The molecule has 1 aliphatic rings. The molecule has 3 aromatic rings. The van der Waals surface area contributed by atoms with E-state index >= 15 is 0 Å². The topological polar surface area (TPSA) is 101 Å². The summed E-state index contributed by atoms with van der Waals surface area (Å²) >= 11 is 0. The van der Waals surface area contributed by atoms with E-state index < -0.39 is 11.1 Å². The number of nitrogens with two attached hydrogens (primary N) is 1. The first-order valence-electron chi connectivity index (χ1n) is 9.84. The first kappa shape index (κ1) is 19.1. The number of carbonyl (C=O) groups excluding carboxylic acids is 1. The lowest BCUT2D eigenvalue weighted by molar-refractivity contribution is 0.0786. The molecule has 0 bridgehead atoms. The molecule has 1 amide bonds. The number of aryl methyl sites for hydroxylation is 1. The summed E-state index contributed by atoms with van der Waals surface area (Å²) in [5.74, 6) is 0.307. The van der Waals surface area contributed by atoms with Crippen molar-refractivity contribution in [2.75, 3.05) is 19.6 Å². The lowest BCUT2D eigenvalue weighted by Crippen LogP contribution is -2.36. The fourth-order valence-corrected chi connectivity index (χ4v) is 4.26. The van der Waals surface area contributed by atoms with E-state index in [0.29, 0.717) is 42.8 Å². The van der Waals surface area contributed by atoms with E-state index in [1.54, 1.807) is 25.1 Å². The van der Waals surface area contributed by atoms with E-state index in [-0.39, 0.29) is 17.7 Å². The SMILES string of the molecule is CCn1c(=O)c(=O)[nH]c2cc(C(=O)N3C[C@@H](CN)[C@H](c4ccccc4)C3)ccc21. The molecule has 1 fully saturated rings. The summed E-state index contributed by atoms with van der Waals surface area (Å²) in [6.07, 6.45) is 0. The van der Waals surface area contributed by atoms with Crippen LogP contribution >= 0.6 is 0 Å². The number of fused-ring (bicyclic) bond motifs is 1. The van der Waals surface area contributed by atoms with Gasteiger partial charge in [0.1, 0.15) is 0 Å². The van der Waals surface area contributed by atoms with Gasteiger partial charge in [0.2, 0.25) is 0 Å². The monoisotopic (exact) mass is 392 g/mol. The van der Waals surface area contributed by atoms with E-state index in [2.05, 4.69) is 17.1 Å². The van der Waals surface area contributed by atoms with Gasteiger partial charge in [0, 0.05) is 31.1 Å². The van der Waals surface area contributed by atoms with Crippen molar-refractivity contribution in [1.29, 1.82) is 0 Å². The number of rotatable bonds is 4. The fourth-order valence-electron chi connectivity index (χ4n) is 4.26. The van der Waals surface area contributed by atoms with Crippen LogP contribution < -0.4 is 16.9 Å². The largest absolute Gasteiger partial charge is 0.338 e. The summed E-state index contributed by atoms with van der Waals surface area (Å²) in [4.78, 5) is 41.5. The molecule has 4 rings (SSSR count). The van der Waals surface area contributed by atoms with Gasteiger partial charge in [0.15, 0.2) is 0 Å². The van der Waals surface area contributed by atoms with Crippen molar-refractivity contribution in [3.8, 4) is 0 Å². The fraction of sp³-hybridized carbons (Fsp3) is 0.318. The molecule has 3 N–H and O–H groups in total. The first-order chi connectivity index (χ1) is 14.0. The third-order valence-corrected chi connectivity index (χ3v) is 5.80. The molecular formula is C22H24N4O3. The van der Waals surface area contributed by atoms with Crippen LogP contribution in [-0.4, -0.2) is 40.0 Å². The Hall–Kier alpha value is -3.19. The average molecular weight is 392 g/mol. The van der Waals surface area contributed by atoms with Gasteiger partial charge in [0.25, 0.3) is 5.91 Å². The molecule has 1 aliphatic heterocycles. The van der Waals surface area contributed by atoms with Crippen LogP contribution in [0.15, 0.2) is 58.1 Å². The molecule has 0 unspecified atom stereocenters. The van der Waals surface area contributed by atoms with E-state index in [0.717, 1.165) is 0 Å². The molecule has 29 heavy (non-hydrogen) atoms. The van der Waals surface area contributed by atoms with E-state index in [4.69, 9.17) is 5.73 Å². The van der Waals surface area contributed by atoms with Crippen LogP contribution in [0.3, 0.4) is 0 Å². The molecule has 2 heterocycles. The molecule has 150 valence electrons. The standard InChI is InChI=1S/C22H24N4O3/c1-2-26-19-9-8-15(10-18(19)24-20(27)22(26)29)21(28)25-12-16(11-23)17(13-25)14-6-4-3-5-7-14/h3-10,16-17H,2,11-13,23H2,1H3,(H,24,27)/t16-,17+/m1/s1. The van der Waals surface area contributed by atoms with Crippen LogP contribution in [-0.2, 0) is 6.54 Å². The van der Waals surface area contributed by atoms with E-state index in [1.165, 1.54) is 10.1 Å². The third kappa shape index (κ3) is 3.38. The Kier molecular flexibility index (Phi) is 5.07. The van der Waals surface area contributed by atoms with Crippen molar-refractivity contribution < 1.29 is 4.79 Å². The van der Waals surface area contributed by atoms with Crippen LogP contribution in [0.25, 0.3) is 11.0 Å². The Morgan fingerprint density at radius 3 is 2.59 bits per heavy atom. The van der Waals surface area contributed by atoms with Gasteiger partial charge in [-0.1, -0.05) is 30.3 Å². The Balaban J connectivity index is 1.66. The van der Waals surface area contributed by atoms with E-state index in [1.807, 2.05) is 23.1 Å². The van der Waals surface area contributed by atoms with Gasteiger partial charge in [-0.2, -0.15) is 0 Å². The maximum Gasteiger partial charge on any atom is 0.316 e. The second-order valence-electron chi connectivity index (χ2n) is 7.46. The summed E-state index contributed by atoms with van der Waals surface area (Å²) in [5.41, 5.74) is 7.48. The molecule has 7 heteroatoms. The molecule has 2 aromatic carbocycles. The minimum absolute atomic E-state index is 0.0983. The Bertz CT molecular complexity index is 1170. The maximum atomic E-state index is 13.2. The molecular weight excluding hydrogens is 368 g/mol. The van der Waals surface area contributed by atoms with Gasteiger partial charge in [-0.05, 0) is 43.1 Å². The molecule has 0 saturated carbocycles. The van der Waals surface area contributed by atoms with Crippen molar-refractivity contribution >= 4 is 16.9 Å². The lowest BCUT2D eigenvalue weighted by Gasteiger charge is -2.17. The molecule has 1 saturated heterocycles. The number of H-pyrrole nitrogens is 1. The van der Waals surface area contributed by atoms with Crippen molar-refractivity contribution in [3.05, 3.63) is 80.4 Å². The Morgan fingerprint density at radius 1 is 1.14 bits per heavy atom. The smallest absolute Gasteiger partial charge is 0.316 e. The zero-order chi connectivity index (χ0) is 20.5. The number of aromatic nitrogens is 2. The molecule has 0 spiro atoms. The predicted molar refractivity (Wildman–Crippen MR) is 112 cm³/mol. The van der Waals surface area contributed by atoms with Gasteiger partial charge in [0.05, 0.1) is 11.0 Å². The van der Waals surface area contributed by atoms with Crippen molar-refractivity contribution in [3.63, 3.8) is 0 Å². The Morgan fingerprint density at radius 2 is 1.90 bits per heavy atom. The highest BCUT2D eigenvalue weighted by atomic mass is 16.2. The number of likely N-dealkylation sites (tertiary alicyclic amines) is 1. The van der Waals surface area contributed by atoms with Crippen LogP contribution in [0.5, 0.6) is 0 Å². The second kappa shape index (κ2) is 7.67. The quantitative estimate of drug-likeness (QED) is 0.658. The number of hydrogen-bond donors (Lipinski definition) is 2. The van der Waals surface area contributed by atoms with E-state index in [9.17, 15) is 14.4 Å². The van der Waals surface area contributed by atoms with Crippen LogP contribution in [0.4, 0.5) is 0 Å². The first-order valence-corrected chi connectivity index (χ1v) is 9.84. The zero-order valence-corrected chi connectivity index (χ0v) is 16.3. The molecule has 0 radical (unpaired) electrons. The number of nitrogens with one attached hydrogen (secondary N) is 1. The van der Waals surface area contributed by atoms with Crippen LogP contribution in [0.2, 0.25) is 0 Å². The molecule has 1 aromatic heterocycles. The number of benzene rings is 2. The molecule has 2 atom stereocenters. The summed E-state index contributed by atoms with van der Waals surface area (Å²) in [6.45, 7) is 3.90. The normalized spacial score (nSPS) is 19.0. The number of hydrogen-bond acceptors (Lipinski definition) is 4. The summed E-state index contributed by atoms with van der Waals surface area (Å²) in [6, 6.07) is 15.2. The third-order valence-electron chi connectivity index (χ3n) is 5.80. The Labute approximate surface area is 167 Å². The molecule has 7 nitrogen and oxygen atoms in total. The van der Waals surface area contributed by atoms with Gasteiger partial charge in [-0.3, -0.25) is 14.4 Å². The highest BCUT2D eigenvalue weighted by Gasteiger charge is 2.35. The minimum atomic E-state index is -0.683. The number of nitrogens with zero attached hydrogens (tertiary/aromatic N) is 2.